The van der Waals surface area contributed by atoms with Gasteiger partial charge in [0.2, 0.25) is 0 Å². The van der Waals surface area contributed by atoms with Crippen LogP contribution in [-0.4, -0.2) is 48.9 Å². The molecular weight excluding hydrogens is 311 g/mol. The summed E-state index contributed by atoms with van der Waals surface area (Å²) < 4.78 is 24.3. The largest absolute Gasteiger partial charge is 0.444 e. The fourth-order valence-corrected chi connectivity index (χ4v) is 2.59. The molecular formula is C18H27FN2O3. The smallest absolute Gasteiger partial charge is 0.410 e. The monoisotopic (exact) mass is 338 g/mol. The minimum absolute atomic E-state index is 0.0249. The first-order valence-corrected chi connectivity index (χ1v) is 8.32. The van der Waals surface area contributed by atoms with Crippen LogP contribution < -0.4 is 5.32 Å². The van der Waals surface area contributed by atoms with Gasteiger partial charge in [0.15, 0.2) is 0 Å². The van der Waals surface area contributed by atoms with Crippen molar-refractivity contribution in [3.63, 3.8) is 0 Å². The summed E-state index contributed by atoms with van der Waals surface area (Å²) in [6.45, 7) is 9.56. The Hall–Kier alpha value is -1.66. The Morgan fingerprint density at radius 3 is 2.92 bits per heavy atom. The molecule has 5 nitrogen and oxygen atoms in total. The van der Waals surface area contributed by atoms with Gasteiger partial charge in [-0.3, -0.25) is 4.90 Å². The van der Waals surface area contributed by atoms with Crippen LogP contribution in [0.4, 0.5) is 9.18 Å². The molecule has 1 saturated heterocycles. The number of carbonyl (C=O) groups excluding carboxylic acids is 1. The number of amides is 1. The van der Waals surface area contributed by atoms with Gasteiger partial charge in [0.05, 0.1) is 19.3 Å². The third kappa shape index (κ3) is 5.46. The molecule has 0 saturated carbocycles. The molecule has 2 unspecified atom stereocenters. The normalized spacial score (nSPS) is 19.9. The van der Waals surface area contributed by atoms with Gasteiger partial charge < -0.3 is 14.8 Å². The summed E-state index contributed by atoms with van der Waals surface area (Å²) in [6, 6.07) is 6.38. The number of benzene rings is 1. The highest BCUT2D eigenvalue weighted by Crippen LogP contribution is 2.17. The molecule has 6 heteroatoms. The zero-order valence-corrected chi connectivity index (χ0v) is 14.8. The van der Waals surface area contributed by atoms with Crippen LogP contribution >= 0.6 is 0 Å². The number of halogens is 1. The van der Waals surface area contributed by atoms with E-state index in [2.05, 4.69) is 5.32 Å². The van der Waals surface area contributed by atoms with E-state index in [9.17, 15) is 9.18 Å². The molecule has 0 bridgehead atoms. The van der Waals surface area contributed by atoms with Gasteiger partial charge >= 0.3 is 6.09 Å². The zero-order valence-electron chi connectivity index (χ0n) is 14.8. The number of rotatable bonds is 4. The first-order valence-electron chi connectivity index (χ1n) is 8.32. The van der Waals surface area contributed by atoms with Crippen LogP contribution in [0.1, 0.15) is 39.3 Å². The predicted molar refractivity (Wildman–Crippen MR) is 90.4 cm³/mol. The molecule has 1 aliphatic heterocycles. The molecule has 0 aromatic heterocycles. The van der Waals surface area contributed by atoms with Crippen LogP contribution in [0.15, 0.2) is 24.3 Å². The second-order valence-electron chi connectivity index (χ2n) is 7.09. The molecule has 0 radical (unpaired) electrons. The first kappa shape index (κ1) is 18.7. The molecule has 0 aliphatic carbocycles. The number of hydrogen-bond acceptors (Lipinski definition) is 4. The van der Waals surface area contributed by atoms with Gasteiger partial charge in [0, 0.05) is 19.1 Å². The summed E-state index contributed by atoms with van der Waals surface area (Å²) in [5.74, 6) is -0.252. The first-order chi connectivity index (χ1) is 11.3. The van der Waals surface area contributed by atoms with Crippen molar-refractivity contribution in [1.29, 1.82) is 0 Å². The van der Waals surface area contributed by atoms with Crippen molar-refractivity contribution in [3.8, 4) is 0 Å². The molecule has 1 N–H and O–H groups in total. The minimum atomic E-state index is -0.526. The summed E-state index contributed by atoms with van der Waals surface area (Å²) in [7, 11) is 0. The highest BCUT2D eigenvalue weighted by atomic mass is 19.1. The molecule has 2 atom stereocenters. The minimum Gasteiger partial charge on any atom is -0.444 e. The van der Waals surface area contributed by atoms with E-state index < -0.39 is 5.60 Å². The molecule has 2 rings (SSSR count). The van der Waals surface area contributed by atoms with Gasteiger partial charge in [-0.2, -0.15) is 0 Å². The lowest BCUT2D eigenvalue weighted by atomic mass is 10.1. The number of carbonyl (C=O) groups is 1. The maximum absolute atomic E-state index is 13.3. The highest BCUT2D eigenvalue weighted by molar-refractivity contribution is 5.68. The highest BCUT2D eigenvalue weighted by Gasteiger charge is 2.31. The molecule has 1 heterocycles. The van der Waals surface area contributed by atoms with E-state index in [4.69, 9.17) is 9.47 Å². The second kappa shape index (κ2) is 7.94. The van der Waals surface area contributed by atoms with E-state index in [1.165, 1.54) is 12.1 Å². The summed E-state index contributed by atoms with van der Waals surface area (Å²) in [6.07, 6.45) is -0.323. The molecule has 1 amide bonds. The zero-order chi connectivity index (χ0) is 17.7. The third-order valence-corrected chi connectivity index (χ3v) is 3.86. The number of nitrogens with zero attached hydrogens (tertiary/aromatic N) is 1. The maximum Gasteiger partial charge on any atom is 0.410 e. The van der Waals surface area contributed by atoms with Gasteiger partial charge in [-0.05, 0) is 45.4 Å². The summed E-state index contributed by atoms with van der Waals surface area (Å²) in [5.41, 5.74) is 0.345. The van der Waals surface area contributed by atoms with Gasteiger partial charge in [0.1, 0.15) is 11.4 Å². The molecule has 1 fully saturated rings. The van der Waals surface area contributed by atoms with Crippen LogP contribution in [0.2, 0.25) is 0 Å². The topological polar surface area (TPSA) is 50.8 Å². The van der Waals surface area contributed by atoms with E-state index in [-0.39, 0.29) is 24.0 Å². The summed E-state index contributed by atoms with van der Waals surface area (Å²) in [5, 5.41) is 3.35. The van der Waals surface area contributed by atoms with Gasteiger partial charge in [0.25, 0.3) is 0 Å². The molecule has 1 aliphatic rings. The summed E-state index contributed by atoms with van der Waals surface area (Å²) >= 11 is 0. The van der Waals surface area contributed by atoms with Crippen molar-refractivity contribution < 1.29 is 18.7 Å². The number of ether oxygens (including phenoxy) is 2. The Balaban J connectivity index is 1.94. The number of morpholine rings is 1. The second-order valence-corrected chi connectivity index (χ2v) is 7.09. The number of hydrogen-bond donors (Lipinski definition) is 1. The van der Waals surface area contributed by atoms with E-state index in [0.717, 1.165) is 5.56 Å². The Kier molecular flexibility index (Phi) is 6.18. The predicted octanol–water partition coefficient (Wildman–Crippen LogP) is 3.11. The Morgan fingerprint density at radius 1 is 1.50 bits per heavy atom. The third-order valence-electron chi connectivity index (χ3n) is 3.86. The lowest BCUT2D eigenvalue weighted by molar-refractivity contribution is -0.0321. The van der Waals surface area contributed by atoms with Crippen molar-refractivity contribution in [3.05, 3.63) is 35.6 Å². The van der Waals surface area contributed by atoms with Crippen LogP contribution in [-0.2, 0) is 9.47 Å². The maximum atomic E-state index is 13.3. The molecule has 0 spiro atoms. The van der Waals surface area contributed by atoms with E-state index >= 15 is 0 Å². The van der Waals surface area contributed by atoms with E-state index in [1.54, 1.807) is 11.0 Å². The average Bonchev–Trinajstić information content (AvgIpc) is 2.51. The Labute approximate surface area is 143 Å². The lowest BCUT2D eigenvalue weighted by Crippen LogP contribution is -2.54. The van der Waals surface area contributed by atoms with Gasteiger partial charge in [-0.1, -0.05) is 12.1 Å². The Morgan fingerprint density at radius 2 is 2.25 bits per heavy atom. The lowest BCUT2D eigenvalue weighted by Gasteiger charge is -2.37. The van der Waals surface area contributed by atoms with Gasteiger partial charge in [-0.15, -0.1) is 0 Å². The van der Waals surface area contributed by atoms with Gasteiger partial charge in [-0.25, -0.2) is 9.18 Å². The molecule has 1 aromatic carbocycles. The molecule has 24 heavy (non-hydrogen) atoms. The summed E-state index contributed by atoms with van der Waals surface area (Å²) in [4.78, 5) is 14.1. The van der Waals surface area contributed by atoms with E-state index in [1.807, 2.05) is 33.8 Å². The van der Waals surface area contributed by atoms with Crippen molar-refractivity contribution in [2.24, 2.45) is 0 Å². The quantitative estimate of drug-likeness (QED) is 0.916. The van der Waals surface area contributed by atoms with E-state index in [0.29, 0.717) is 26.3 Å². The standard InChI is InChI=1S/C18H27FN2O3/c1-13(14-6-5-7-15(19)10-14)20-11-16-12-23-9-8-21(16)17(22)24-18(2,3)4/h5-7,10,13,16,20H,8-9,11-12H2,1-4H3. The van der Waals surface area contributed by atoms with Crippen molar-refractivity contribution in [1.82, 2.24) is 10.2 Å². The molecule has 134 valence electrons. The van der Waals surface area contributed by atoms with Crippen LogP contribution in [0.3, 0.4) is 0 Å². The van der Waals surface area contributed by atoms with Crippen molar-refractivity contribution in [2.45, 2.75) is 45.4 Å². The van der Waals surface area contributed by atoms with Crippen molar-refractivity contribution in [2.75, 3.05) is 26.3 Å². The average molecular weight is 338 g/mol. The van der Waals surface area contributed by atoms with Crippen LogP contribution in [0.5, 0.6) is 0 Å². The Bertz CT molecular complexity index is 559. The van der Waals surface area contributed by atoms with Crippen LogP contribution in [0, 0.1) is 5.82 Å². The molecule has 1 aromatic rings. The SMILES string of the molecule is CC(NCC1COCCN1C(=O)OC(C)(C)C)c1cccc(F)c1. The fraction of sp³-hybridized carbons (Fsp3) is 0.611. The fourth-order valence-electron chi connectivity index (χ4n) is 2.59. The number of nitrogens with one attached hydrogen (secondary N) is 1. The van der Waals surface area contributed by atoms with Crippen LogP contribution in [0.25, 0.3) is 0 Å². The van der Waals surface area contributed by atoms with Crippen molar-refractivity contribution >= 4 is 6.09 Å².